The first-order valence-electron chi connectivity index (χ1n) is 5.85. The smallest absolute Gasteiger partial charge is 0.0931 e. The van der Waals surface area contributed by atoms with Crippen molar-refractivity contribution in [3.8, 4) is 0 Å². The summed E-state index contributed by atoms with van der Waals surface area (Å²) in [6.45, 7) is 2.98. The monoisotopic (exact) mass is 260 g/mol. The first kappa shape index (κ1) is 14.0. The second-order valence-electron chi connectivity index (χ2n) is 4.15. The molecule has 2 N–H and O–H groups in total. The topological polar surface area (TPSA) is 29.3 Å². The standard InChI is InChI=1S/C12H21ClN2S/c1-15(9-5-3-2-4-8-14)10-11-6-7-12(13)16-11/h6-7H,2-5,8-10,14H2,1H3. The van der Waals surface area contributed by atoms with Crippen molar-refractivity contribution in [1.82, 2.24) is 4.90 Å². The largest absolute Gasteiger partial charge is 0.330 e. The number of nitrogens with two attached hydrogens (primary N) is 1. The lowest BCUT2D eigenvalue weighted by atomic mass is 10.2. The van der Waals surface area contributed by atoms with Crippen LogP contribution in [0.5, 0.6) is 0 Å². The van der Waals surface area contributed by atoms with Crippen molar-refractivity contribution in [3.05, 3.63) is 21.3 Å². The van der Waals surface area contributed by atoms with Gasteiger partial charge < -0.3 is 10.6 Å². The number of hydrogen-bond donors (Lipinski definition) is 1. The van der Waals surface area contributed by atoms with E-state index in [1.54, 1.807) is 11.3 Å². The summed E-state index contributed by atoms with van der Waals surface area (Å²) in [5.74, 6) is 0. The summed E-state index contributed by atoms with van der Waals surface area (Å²) in [4.78, 5) is 3.69. The number of halogens is 1. The molecular formula is C12H21ClN2S. The summed E-state index contributed by atoms with van der Waals surface area (Å²) >= 11 is 7.56. The minimum absolute atomic E-state index is 0.823. The quantitative estimate of drug-likeness (QED) is 0.727. The summed E-state index contributed by atoms with van der Waals surface area (Å²) in [5, 5.41) is 0. The molecule has 92 valence electrons. The Morgan fingerprint density at radius 2 is 2.00 bits per heavy atom. The number of nitrogens with zero attached hydrogens (tertiary/aromatic N) is 1. The molecule has 1 rings (SSSR count). The van der Waals surface area contributed by atoms with Gasteiger partial charge in [0.05, 0.1) is 4.34 Å². The van der Waals surface area contributed by atoms with Gasteiger partial charge in [-0.05, 0) is 45.1 Å². The second-order valence-corrected chi connectivity index (χ2v) is 5.95. The minimum atomic E-state index is 0.823. The molecule has 0 saturated heterocycles. The van der Waals surface area contributed by atoms with Crippen molar-refractivity contribution >= 4 is 22.9 Å². The molecule has 0 spiro atoms. The van der Waals surface area contributed by atoms with E-state index in [2.05, 4.69) is 18.0 Å². The zero-order chi connectivity index (χ0) is 11.8. The van der Waals surface area contributed by atoms with Crippen molar-refractivity contribution in [2.75, 3.05) is 20.1 Å². The van der Waals surface area contributed by atoms with Crippen LogP contribution in [0.15, 0.2) is 12.1 Å². The average molecular weight is 261 g/mol. The molecular weight excluding hydrogens is 240 g/mol. The van der Waals surface area contributed by atoms with E-state index in [9.17, 15) is 0 Å². The molecule has 0 amide bonds. The maximum atomic E-state index is 5.89. The lowest BCUT2D eigenvalue weighted by Crippen LogP contribution is -2.18. The van der Waals surface area contributed by atoms with E-state index < -0.39 is 0 Å². The minimum Gasteiger partial charge on any atom is -0.330 e. The Balaban J connectivity index is 2.09. The third-order valence-corrected chi connectivity index (χ3v) is 3.76. The van der Waals surface area contributed by atoms with Crippen LogP contribution < -0.4 is 5.73 Å². The number of hydrogen-bond acceptors (Lipinski definition) is 3. The molecule has 16 heavy (non-hydrogen) atoms. The predicted octanol–water partition coefficient (Wildman–Crippen LogP) is 3.35. The number of unbranched alkanes of at least 4 members (excludes halogenated alkanes) is 3. The maximum Gasteiger partial charge on any atom is 0.0931 e. The van der Waals surface area contributed by atoms with Gasteiger partial charge in [-0.2, -0.15) is 0 Å². The van der Waals surface area contributed by atoms with Gasteiger partial charge in [0.25, 0.3) is 0 Å². The van der Waals surface area contributed by atoms with Crippen LogP contribution in [0.2, 0.25) is 4.34 Å². The zero-order valence-electron chi connectivity index (χ0n) is 9.92. The Kier molecular flexibility index (Phi) is 7.05. The third-order valence-electron chi connectivity index (χ3n) is 2.55. The van der Waals surface area contributed by atoms with Crippen LogP contribution in [0, 0.1) is 0 Å². The first-order chi connectivity index (χ1) is 7.72. The van der Waals surface area contributed by atoms with Crippen molar-refractivity contribution in [2.45, 2.75) is 32.2 Å². The fraction of sp³-hybridized carbons (Fsp3) is 0.667. The fourth-order valence-corrected chi connectivity index (χ4v) is 2.83. The highest BCUT2D eigenvalue weighted by Gasteiger charge is 2.02. The number of thiophene rings is 1. The average Bonchev–Trinajstić information content (AvgIpc) is 2.63. The number of rotatable bonds is 8. The van der Waals surface area contributed by atoms with E-state index in [1.807, 2.05) is 6.07 Å². The zero-order valence-corrected chi connectivity index (χ0v) is 11.5. The summed E-state index contributed by atoms with van der Waals surface area (Å²) in [7, 11) is 2.16. The van der Waals surface area contributed by atoms with Crippen LogP contribution in [0.1, 0.15) is 30.6 Å². The fourth-order valence-electron chi connectivity index (χ4n) is 1.66. The molecule has 0 bridgehead atoms. The molecule has 0 fully saturated rings. The van der Waals surface area contributed by atoms with Gasteiger partial charge in [-0.15, -0.1) is 11.3 Å². The van der Waals surface area contributed by atoms with Crippen molar-refractivity contribution in [2.24, 2.45) is 5.73 Å². The highest BCUT2D eigenvalue weighted by molar-refractivity contribution is 7.16. The van der Waals surface area contributed by atoms with Crippen LogP contribution in [0.4, 0.5) is 0 Å². The van der Waals surface area contributed by atoms with Gasteiger partial charge in [0.1, 0.15) is 0 Å². The Labute approximate surface area is 107 Å². The Morgan fingerprint density at radius 1 is 1.25 bits per heavy atom. The van der Waals surface area contributed by atoms with Gasteiger partial charge in [-0.1, -0.05) is 24.4 Å². The van der Waals surface area contributed by atoms with Gasteiger partial charge in [0, 0.05) is 11.4 Å². The SMILES string of the molecule is CN(CCCCCCN)Cc1ccc(Cl)s1. The summed E-state index contributed by atoms with van der Waals surface area (Å²) in [5.41, 5.74) is 5.45. The Morgan fingerprint density at radius 3 is 2.62 bits per heavy atom. The molecule has 0 aliphatic carbocycles. The van der Waals surface area contributed by atoms with Gasteiger partial charge in [0.2, 0.25) is 0 Å². The van der Waals surface area contributed by atoms with Crippen LogP contribution in [0.3, 0.4) is 0 Å². The van der Waals surface area contributed by atoms with E-state index in [1.165, 1.54) is 24.1 Å². The first-order valence-corrected chi connectivity index (χ1v) is 7.04. The molecule has 2 nitrogen and oxygen atoms in total. The van der Waals surface area contributed by atoms with Crippen LogP contribution in [0.25, 0.3) is 0 Å². The molecule has 0 radical (unpaired) electrons. The summed E-state index contributed by atoms with van der Waals surface area (Å²) in [6.07, 6.45) is 4.96. The van der Waals surface area contributed by atoms with Gasteiger partial charge in [0.15, 0.2) is 0 Å². The molecule has 0 aliphatic rings. The molecule has 1 heterocycles. The van der Waals surface area contributed by atoms with Crippen LogP contribution in [-0.4, -0.2) is 25.0 Å². The van der Waals surface area contributed by atoms with Gasteiger partial charge in [-0.3, -0.25) is 0 Å². The molecule has 4 heteroatoms. The summed E-state index contributed by atoms with van der Waals surface area (Å²) in [6, 6.07) is 4.08. The lowest BCUT2D eigenvalue weighted by molar-refractivity contribution is 0.319. The van der Waals surface area contributed by atoms with E-state index in [4.69, 9.17) is 17.3 Å². The van der Waals surface area contributed by atoms with Gasteiger partial charge in [-0.25, -0.2) is 0 Å². The molecule has 0 unspecified atom stereocenters. The molecule has 0 aromatic carbocycles. The molecule has 0 aliphatic heterocycles. The molecule has 1 aromatic heterocycles. The second kappa shape index (κ2) is 8.07. The van der Waals surface area contributed by atoms with E-state index in [0.717, 1.165) is 30.4 Å². The van der Waals surface area contributed by atoms with E-state index in [-0.39, 0.29) is 0 Å². The van der Waals surface area contributed by atoms with Crippen LogP contribution >= 0.6 is 22.9 Å². The van der Waals surface area contributed by atoms with E-state index >= 15 is 0 Å². The highest BCUT2D eigenvalue weighted by atomic mass is 35.5. The molecule has 1 aromatic rings. The molecule has 0 saturated carbocycles. The molecule has 0 atom stereocenters. The van der Waals surface area contributed by atoms with Crippen molar-refractivity contribution in [1.29, 1.82) is 0 Å². The Hall–Kier alpha value is -0.0900. The van der Waals surface area contributed by atoms with Crippen molar-refractivity contribution in [3.63, 3.8) is 0 Å². The maximum absolute atomic E-state index is 5.89. The Bertz CT molecular complexity index is 288. The lowest BCUT2D eigenvalue weighted by Gasteiger charge is -2.15. The van der Waals surface area contributed by atoms with Crippen molar-refractivity contribution < 1.29 is 0 Å². The summed E-state index contributed by atoms with van der Waals surface area (Å²) < 4.78 is 0.881. The van der Waals surface area contributed by atoms with Crippen LogP contribution in [-0.2, 0) is 6.54 Å². The third kappa shape index (κ3) is 5.85. The normalized spacial score (nSPS) is 11.2. The predicted molar refractivity (Wildman–Crippen MR) is 73.2 cm³/mol. The highest BCUT2D eigenvalue weighted by Crippen LogP contribution is 2.22. The van der Waals surface area contributed by atoms with E-state index in [0.29, 0.717) is 0 Å². The van der Waals surface area contributed by atoms with Gasteiger partial charge >= 0.3 is 0 Å².